The highest BCUT2D eigenvalue weighted by molar-refractivity contribution is 6.28. The molecule has 2 aliphatic rings. The molecular weight excluding hydrogens is 222 g/mol. The summed E-state index contributed by atoms with van der Waals surface area (Å²) in [5, 5.41) is 8.89. The van der Waals surface area contributed by atoms with Crippen LogP contribution in [0, 0.1) is 5.41 Å². The fourth-order valence-electron chi connectivity index (χ4n) is 2.86. The van der Waals surface area contributed by atoms with Gasteiger partial charge < -0.3 is 0 Å². The van der Waals surface area contributed by atoms with Gasteiger partial charge in [-0.1, -0.05) is 13.8 Å². The number of halogens is 1. The maximum absolute atomic E-state index is 6.18. The first-order chi connectivity index (χ1) is 7.57. The van der Waals surface area contributed by atoms with Crippen molar-refractivity contribution in [2.75, 3.05) is 0 Å². The second-order valence-corrected chi connectivity index (χ2v) is 6.37. The molecule has 1 atom stereocenters. The Morgan fingerprint density at radius 2 is 2.00 bits per heavy atom. The van der Waals surface area contributed by atoms with Crippen molar-refractivity contribution in [1.82, 2.24) is 14.8 Å². The van der Waals surface area contributed by atoms with E-state index >= 15 is 0 Å². The Kier molecular flexibility index (Phi) is 2.29. The molecule has 0 spiro atoms. The third-order valence-electron chi connectivity index (χ3n) is 3.93. The van der Waals surface area contributed by atoms with Crippen molar-refractivity contribution in [2.24, 2.45) is 5.41 Å². The first-order valence-electron chi connectivity index (χ1n) is 6.17. The van der Waals surface area contributed by atoms with Crippen LogP contribution in [0.3, 0.4) is 0 Å². The summed E-state index contributed by atoms with van der Waals surface area (Å²) in [4.78, 5) is 0. The first kappa shape index (κ1) is 10.6. The fourth-order valence-corrected chi connectivity index (χ4v) is 3.12. The second kappa shape index (κ2) is 3.46. The van der Waals surface area contributed by atoms with Crippen LogP contribution in [0.25, 0.3) is 0 Å². The van der Waals surface area contributed by atoms with Gasteiger partial charge in [-0.2, -0.15) is 0 Å². The largest absolute Gasteiger partial charge is 0.298 e. The summed E-state index contributed by atoms with van der Waals surface area (Å²) in [7, 11) is 0. The molecule has 1 aromatic rings. The van der Waals surface area contributed by atoms with Crippen molar-refractivity contribution >= 4 is 11.6 Å². The van der Waals surface area contributed by atoms with Gasteiger partial charge in [0.25, 0.3) is 0 Å². The van der Waals surface area contributed by atoms with E-state index in [1.54, 1.807) is 0 Å². The zero-order chi connectivity index (χ0) is 11.3. The van der Waals surface area contributed by atoms with E-state index in [0.717, 1.165) is 5.82 Å². The van der Waals surface area contributed by atoms with Gasteiger partial charge in [0, 0.05) is 12.0 Å². The maximum Gasteiger partial charge on any atom is 0.225 e. The molecule has 2 saturated carbocycles. The third kappa shape index (κ3) is 1.75. The predicted octanol–water partition coefficient (Wildman–Crippen LogP) is 3.56. The van der Waals surface area contributed by atoms with Crippen LogP contribution in [0.1, 0.15) is 63.7 Å². The van der Waals surface area contributed by atoms with Crippen molar-refractivity contribution in [2.45, 2.75) is 57.9 Å². The molecule has 0 radical (unpaired) electrons. The monoisotopic (exact) mass is 239 g/mol. The SMILES string of the molecule is CC1(C)CCC(n2c(Cl)nnc2C2CC2)C1. The van der Waals surface area contributed by atoms with Crippen LogP contribution >= 0.6 is 11.6 Å². The second-order valence-electron chi connectivity index (χ2n) is 6.03. The Hall–Kier alpha value is -0.570. The normalized spacial score (nSPS) is 28.6. The smallest absolute Gasteiger partial charge is 0.225 e. The highest BCUT2D eigenvalue weighted by atomic mass is 35.5. The zero-order valence-electron chi connectivity index (χ0n) is 9.91. The van der Waals surface area contributed by atoms with Crippen LogP contribution in [0.4, 0.5) is 0 Å². The van der Waals surface area contributed by atoms with E-state index in [9.17, 15) is 0 Å². The van der Waals surface area contributed by atoms with Gasteiger partial charge in [-0.25, -0.2) is 0 Å². The summed E-state index contributed by atoms with van der Waals surface area (Å²) in [6, 6.07) is 0.521. The van der Waals surface area contributed by atoms with Crippen molar-refractivity contribution in [3.63, 3.8) is 0 Å². The van der Waals surface area contributed by atoms with E-state index < -0.39 is 0 Å². The number of nitrogens with zero attached hydrogens (tertiary/aromatic N) is 3. The van der Waals surface area contributed by atoms with Crippen molar-refractivity contribution in [1.29, 1.82) is 0 Å². The van der Waals surface area contributed by atoms with E-state index in [2.05, 4.69) is 28.6 Å². The molecule has 4 heteroatoms. The highest BCUT2D eigenvalue weighted by Crippen LogP contribution is 2.47. The van der Waals surface area contributed by atoms with Gasteiger partial charge in [-0.15, -0.1) is 10.2 Å². The first-order valence-corrected chi connectivity index (χ1v) is 6.55. The summed E-state index contributed by atoms with van der Waals surface area (Å²) in [5.41, 5.74) is 0.444. The van der Waals surface area contributed by atoms with E-state index in [-0.39, 0.29) is 0 Å². The Labute approximate surface area is 101 Å². The van der Waals surface area contributed by atoms with Gasteiger partial charge in [0.15, 0.2) is 0 Å². The minimum Gasteiger partial charge on any atom is -0.298 e. The number of hydrogen-bond donors (Lipinski definition) is 0. The van der Waals surface area contributed by atoms with Crippen molar-refractivity contribution in [3.8, 4) is 0 Å². The van der Waals surface area contributed by atoms with Gasteiger partial charge in [-0.3, -0.25) is 4.57 Å². The van der Waals surface area contributed by atoms with Crippen LogP contribution < -0.4 is 0 Å². The maximum atomic E-state index is 6.18. The van der Waals surface area contributed by atoms with Crippen LogP contribution in [0.15, 0.2) is 0 Å². The highest BCUT2D eigenvalue weighted by Gasteiger charge is 2.37. The molecule has 0 aromatic carbocycles. The average molecular weight is 240 g/mol. The molecule has 3 rings (SSSR count). The Morgan fingerprint density at radius 3 is 2.56 bits per heavy atom. The van der Waals surface area contributed by atoms with Crippen LogP contribution in [-0.2, 0) is 0 Å². The quantitative estimate of drug-likeness (QED) is 0.790. The third-order valence-corrected chi connectivity index (χ3v) is 4.19. The molecule has 1 unspecified atom stereocenters. The predicted molar refractivity (Wildman–Crippen MR) is 63.7 cm³/mol. The minimum absolute atomic E-state index is 0.444. The van der Waals surface area contributed by atoms with E-state index in [4.69, 9.17) is 11.6 Å². The lowest BCUT2D eigenvalue weighted by Crippen LogP contribution is -2.12. The Morgan fingerprint density at radius 1 is 1.25 bits per heavy atom. The van der Waals surface area contributed by atoms with Crippen LogP contribution in [0.5, 0.6) is 0 Å². The van der Waals surface area contributed by atoms with Crippen molar-refractivity contribution < 1.29 is 0 Å². The molecule has 0 N–H and O–H groups in total. The molecule has 16 heavy (non-hydrogen) atoms. The topological polar surface area (TPSA) is 30.7 Å². The van der Waals surface area contributed by atoms with Gasteiger partial charge >= 0.3 is 0 Å². The average Bonchev–Trinajstić information content (AvgIpc) is 2.89. The van der Waals surface area contributed by atoms with Gasteiger partial charge in [0.05, 0.1) is 0 Å². The lowest BCUT2D eigenvalue weighted by Gasteiger charge is -2.19. The molecule has 3 nitrogen and oxygen atoms in total. The molecule has 1 heterocycles. The Balaban J connectivity index is 1.91. The molecule has 0 bridgehead atoms. The molecular formula is C12H18ClN3. The van der Waals surface area contributed by atoms with Crippen LogP contribution in [-0.4, -0.2) is 14.8 Å². The summed E-state index contributed by atoms with van der Waals surface area (Å²) < 4.78 is 2.20. The van der Waals surface area contributed by atoms with Gasteiger partial charge in [-0.05, 0) is 49.1 Å². The van der Waals surface area contributed by atoms with E-state index in [1.165, 1.54) is 32.1 Å². The molecule has 0 saturated heterocycles. The summed E-state index contributed by atoms with van der Waals surface area (Å²) in [6.07, 6.45) is 6.20. The molecule has 1 aromatic heterocycles. The number of rotatable bonds is 2. The number of hydrogen-bond acceptors (Lipinski definition) is 2. The van der Waals surface area contributed by atoms with Crippen LogP contribution in [0.2, 0.25) is 5.28 Å². The lowest BCUT2D eigenvalue weighted by molar-refractivity contribution is 0.356. The molecule has 0 aliphatic heterocycles. The zero-order valence-corrected chi connectivity index (χ0v) is 10.7. The minimum atomic E-state index is 0.444. The summed E-state index contributed by atoms with van der Waals surface area (Å²) in [6.45, 7) is 4.67. The van der Waals surface area contributed by atoms with Gasteiger partial charge in [0.1, 0.15) is 5.82 Å². The van der Waals surface area contributed by atoms with E-state index in [0.29, 0.717) is 22.7 Å². The summed E-state index contributed by atoms with van der Waals surface area (Å²) in [5.74, 6) is 1.76. The fraction of sp³-hybridized carbons (Fsp3) is 0.833. The molecule has 88 valence electrons. The standard InChI is InChI=1S/C12H18ClN3/c1-12(2)6-5-9(7-12)16-10(8-3-4-8)14-15-11(16)13/h8-9H,3-7H2,1-2H3. The molecule has 0 amide bonds. The lowest BCUT2D eigenvalue weighted by atomic mass is 9.92. The van der Waals surface area contributed by atoms with E-state index in [1.807, 2.05) is 0 Å². The molecule has 2 aliphatic carbocycles. The summed E-state index contributed by atoms with van der Waals surface area (Å²) >= 11 is 6.18. The van der Waals surface area contributed by atoms with Crippen molar-refractivity contribution in [3.05, 3.63) is 11.1 Å². The number of aromatic nitrogens is 3. The Bertz CT molecular complexity index is 406. The molecule has 2 fully saturated rings. The van der Waals surface area contributed by atoms with Gasteiger partial charge in [0.2, 0.25) is 5.28 Å².